The summed E-state index contributed by atoms with van der Waals surface area (Å²) in [6.07, 6.45) is 7.23. The van der Waals surface area contributed by atoms with Crippen LogP contribution in [0.15, 0.2) is 18.7 Å². The largest absolute Gasteiger partial charge is 0.481 e. The van der Waals surface area contributed by atoms with E-state index in [1.165, 1.54) is 0 Å². The topological polar surface area (TPSA) is 84.2 Å². The highest BCUT2D eigenvalue weighted by molar-refractivity contribution is 5.91. The highest BCUT2D eigenvalue weighted by atomic mass is 16.4. The van der Waals surface area contributed by atoms with Gasteiger partial charge in [0.1, 0.15) is 0 Å². The van der Waals surface area contributed by atoms with Crippen LogP contribution in [-0.4, -0.2) is 33.1 Å². The summed E-state index contributed by atoms with van der Waals surface area (Å²) in [7, 11) is 0. The van der Waals surface area contributed by atoms with E-state index in [4.69, 9.17) is 5.11 Å². The predicted molar refractivity (Wildman–Crippen MR) is 72.9 cm³/mol. The molecule has 1 aromatic rings. The van der Waals surface area contributed by atoms with Gasteiger partial charge in [-0.2, -0.15) is 0 Å². The Bertz CT molecular complexity index is 482. The number of carboxylic acids is 1. The lowest BCUT2D eigenvalue weighted by Crippen LogP contribution is -2.28. The van der Waals surface area contributed by atoms with Crippen LogP contribution in [-0.2, 0) is 16.1 Å². The maximum atomic E-state index is 11.9. The zero-order valence-corrected chi connectivity index (χ0v) is 11.9. The first-order valence-corrected chi connectivity index (χ1v) is 6.91. The number of hydrogen-bond acceptors (Lipinski definition) is 3. The fourth-order valence-electron chi connectivity index (χ4n) is 2.75. The molecule has 110 valence electrons. The molecule has 0 saturated heterocycles. The molecule has 2 atom stereocenters. The van der Waals surface area contributed by atoms with Crippen molar-refractivity contribution < 1.29 is 14.7 Å². The van der Waals surface area contributed by atoms with E-state index < -0.39 is 23.2 Å². The number of aryl methyl sites for hydroxylation is 1. The van der Waals surface area contributed by atoms with Crippen molar-refractivity contribution in [3.05, 3.63) is 18.7 Å². The molecular formula is C14H21N3O3. The molecule has 1 heterocycles. The molecule has 1 aromatic heterocycles. The number of nitrogens with zero attached hydrogens (tertiary/aromatic N) is 2. The monoisotopic (exact) mass is 279 g/mol. The van der Waals surface area contributed by atoms with Crippen LogP contribution in [0.5, 0.6) is 0 Å². The fraction of sp³-hybridized carbons (Fsp3) is 0.643. The number of carbonyl (C=O) groups is 2. The third kappa shape index (κ3) is 3.00. The van der Waals surface area contributed by atoms with Crippen molar-refractivity contribution in [2.75, 3.05) is 6.54 Å². The summed E-state index contributed by atoms with van der Waals surface area (Å²) < 4.78 is 1.99. The Labute approximate surface area is 118 Å². The Hall–Kier alpha value is -1.85. The number of carbonyl (C=O) groups excluding carboxylic acids is 1. The van der Waals surface area contributed by atoms with Gasteiger partial charge in [-0.15, -0.1) is 0 Å². The van der Waals surface area contributed by atoms with Crippen molar-refractivity contribution >= 4 is 11.9 Å². The smallest absolute Gasteiger partial charge is 0.307 e. The Morgan fingerprint density at radius 2 is 2.10 bits per heavy atom. The van der Waals surface area contributed by atoms with Gasteiger partial charge in [0.2, 0.25) is 5.91 Å². The normalized spacial score (nSPS) is 23.3. The molecule has 1 fully saturated rings. The Morgan fingerprint density at radius 3 is 2.65 bits per heavy atom. The molecule has 0 radical (unpaired) electrons. The van der Waals surface area contributed by atoms with E-state index in [1.54, 1.807) is 12.5 Å². The molecule has 1 amide bonds. The number of rotatable bonds is 7. The van der Waals surface area contributed by atoms with Crippen LogP contribution in [0.1, 0.15) is 26.7 Å². The SMILES string of the molecule is CC1(C)[C@H](C(=O)O)[C@@H]1C(=O)NCCCCn1ccnc1. The summed E-state index contributed by atoms with van der Waals surface area (Å²) in [4.78, 5) is 26.9. The Balaban J connectivity index is 1.65. The van der Waals surface area contributed by atoms with E-state index in [9.17, 15) is 9.59 Å². The average molecular weight is 279 g/mol. The van der Waals surface area contributed by atoms with Gasteiger partial charge in [0.15, 0.2) is 0 Å². The summed E-state index contributed by atoms with van der Waals surface area (Å²) in [6, 6.07) is 0. The van der Waals surface area contributed by atoms with Crippen LogP contribution < -0.4 is 5.32 Å². The molecule has 0 bridgehead atoms. The first kappa shape index (κ1) is 14.6. The van der Waals surface area contributed by atoms with Crippen molar-refractivity contribution in [3.8, 4) is 0 Å². The maximum absolute atomic E-state index is 11.9. The number of imidazole rings is 1. The molecule has 0 aliphatic heterocycles. The number of aromatic nitrogens is 2. The van der Waals surface area contributed by atoms with Gasteiger partial charge < -0.3 is 15.0 Å². The average Bonchev–Trinajstić information content (AvgIpc) is 2.75. The lowest BCUT2D eigenvalue weighted by Gasteiger charge is -2.06. The summed E-state index contributed by atoms with van der Waals surface area (Å²) >= 11 is 0. The van der Waals surface area contributed by atoms with Crippen LogP contribution in [0.3, 0.4) is 0 Å². The van der Waals surface area contributed by atoms with Crippen LogP contribution >= 0.6 is 0 Å². The van der Waals surface area contributed by atoms with Crippen molar-refractivity contribution in [3.63, 3.8) is 0 Å². The van der Waals surface area contributed by atoms with Crippen LogP contribution in [0.4, 0.5) is 0 Å². The standard InChI is InChI=1S/C14H21N3O3/c1-14(2)10(11(14)13(19)20)12(18)16-5-3-4-7-17-8-6-15-9-17/h6,8-11H,3-5,7H2,1-2H3,(H,16,18)(H,19,20)/t10-,11+/m1/s1. The molecule has 6 heteroatoms. The molecule has 1 aliphatic rings. The van der Waals surface area contributed by atoms with Crippen molar-refractivity contribution in [1.82, 2.24) is 14.9 Å². The number of hydrogen-bond donors (Lipinski definition) is 2. The van der Waals surface area contributed by atoms with Gasteiger partial charge >= 0.3 is 5.97 Å². The number of aliphatic carboxylic acids is 1. The van der Waals surface area contributed by atoms with Gasteiger partial charge in [-0.25, -0.2) is 4.98 Å². The summed E-state index contributed by atoms with van der Waals surface area (Å²) in [5.74, 6) is -1.96. The second-order valence-corrected chi connectivity index (χ2v) is 5.91. The van der Waals surface area contributed by atoms with Crippen molar-refractivity contribution in [2.45, 2.75) is 33.2 Å². The molecule has 2 rings (SSSR count). The predicted octanol–water partition coefficient (Wildman–Crippen LogP) is 1.14. The van der Waals surface area contributed by atoms with Gasteiger partial charge in [-0.05, 0) is 18.3 Å². The minimum Gasteiger partial charge on any atom is -0.481 e. The van der Waals surface area contributed by atoms with E-state index in [-0.39, 0.29) is 5.91 Å². The molecule has 6 nitrogen and oxygen atoms in total. The second kappa shape index (κ2) is 5.64. The number of carboxylic acid groups (broad SMARTS) is 1. The van der Waals surface area contributed by atoms with E-state index >= 15 is 0 Å². The van der Waals surface area contributed by atoms with E-state index in [1.807, 2.05) is 24.6 Å². The second-order valence-electron chi connectivity index (χ2n) is 5.91. The van der Waals surface area contributed by atoms with Gasteiger partial charge in [0.05, 0.1) is 18.2 Å². The van der Waals surface area contributed by atoms with Crippen LogP contribution in [0.2, 0.25) is 0 Å². The van der Waals surface area contributed by atoms with Crippen molar-refractivity contribution in [1.29, 1.82) is 0 Å². The van der Waals surface area contributed by atoms with Crippen LogP contribution in [0, 0.1) is 17.3 Å². The lowest BCUT2D eigenvalue weighted by molar-refractivity contribution is -0.140. The quantitative estimate of drug-likeness (QED) is 0.733. The fourth-order valence-corrected chi connectivity index (χ4v) is 2.75. The lowest BCUT2D eigenvalue weighted by atomic mass is 10.1. The highest BCUT2D eigenvalue weighted by Crippen LogP contribution is 2.58. The molecule has 0 unspecified atom stereocenters. The van der Waals surface area contributed by atoms with Crippen LogP contribution in [0.25, 0.3) is 0 Å². The van der Waals surface area contributed by atoms with Gasteiger partial charge in [0.25, 0.3) is 0 Å². The zero-order chi connectivity index (χ0) is 14.8. The molecule has 2 N–H and O–H groups in total. The summed E-state index contributed by atoms with van der Waals surface area (Å²) in [5, 5.41) is 11.9. The van der Waals surface area contributed by atoms with E-state index in [2.05, 4.69) is 10.3 Å². The highest BCUT2D eigenvalue weighted by Gasteiger charge is 2.65. The number of amides is 1. The molecule has 1 aliphatic carbocycles. The van der Waals surface area contributed by atoms with E-state index in [0.717, 1.165) is 19.4 Å². The number of unbranched alkanes of at least 4 members (excludes halogenated alkanes) is 1. The minimum atomic E-state index is -0.879. The van der Waals surface area contributed by atoms with E-state index in [0.29, 0.717) is 6.54 Å². The van der Waals surface area contributed by atoms with Gasteiger partial charge in [0, 0.05) is 25.5 Å². The number of nitrogens with one attached hydrogen (secondary N) is 1. The first-order chi connectivity index (χ1) is 9.44. The first-order valence-electron chi connectivity index (χ1n) is 6.91. The molecular weight excluding hydrogens is 258 g/mol. The minimum absolute atomic E-state index is 0.134. The molecule has 0 spiro atoms. The maximum Gasteiger partial charge on any atom is 0.307 e. The molecule has 20 heavy (non-hydrogen) atoms. The van der Waals surface area contributed by atoms with Crippen molar-refractivity contribution in [2.24, 2.45) is 17.3 Å². The third-order valence-corrected chi connectivity index (χ3v) is 4.08. The Morgan fingerprint density at radius 1 is 1.35 bits per heavy atom. The molecule has 1 saturated carbocycles. The third-order valence-electron chi connectivity index (χ3n) is 4.08. The Kier molecular flexibility index (Phi) is 4.11. The molecule has 0 aromatic carbocycles. The summed E-state index contributed by atoms with van der Waals surface area (Å²) in [6.45, 7) is 5.12. The summed E-state index contributed by atoms with van der Waals surface area (Å²) in [5.41, 5.74) is -0.424. The van der Waals surface area contributed by atoms with Gasteiger partial charge in [-0.1, -0.05) is 13.8 Å². The van der Waals surface area contributed by atoms with Gasteiger partial charge in [-0.3, -0.25) is 9.59 Å². The zero-order valence-electron chi connectivity index (χ0n) is 11.9.